The predicted molar refractivity (Wildman–Crippen MR) is 81.5 cm³/mol. The molecule has 0 saturated carbocycles. The highest BCUT2D eigenvalue weighted by atomic mass is 35.5. The molecule has 108 valence electrons. The summed E-state index contributed by atoms with van der Waals surface area (Å²) >= 11 is 0. The maximum atomic E-state index is 6.55. The van der Waals surface area contributed by atoms with E-state index < -0.39 is 0 Å². The standard InChI is InChI=1S/C16H25NO.ClH/c1-2-12(17)11-16-10-6-5-8-14(16)13-7-3-4-9-15(13)18-16;/h3-6,12-15H,2,7-11,17H2,1H3;1H. The second-order valence-corrected chi connectivity index (χ2v) is 6.22. The van der Waals surface area contributed by atoms with Crippen LogP contribution in [-0.4, -0.2) is 17.7 Å². The summed E-state index contributed by atoms with van der Waals surface area (Å²) in [7, 11) is 0. The van der Waals surface area contributed by atoms with Gasteiger partial charge in [0.2, 0.25) is 0 Å². The quantitative estimate of drug-likeness (QED) is 0.803. The van der Waals surface area contributed by atoms with Gasteiger partial charge in [0.15, 0.2) is 0 Å². The van der Waals surface area contributed by atoms with Crippen LogP contribution in [0.5, 0.6) is 0 Å². The van der Waals surface area contributed by atoms with E-state index in [4.69, 9.17) is 10.5 Å². The van der Waals surface area contributed by atoms with Crippen LogP contribution >= 0.6 is 12.4 Å². The lowest BCUT2D eigenvalue weighted by Gasteiger charge is -2.38. The molecule has 3 aliphatic rings. The largest absolute Gasteiger partial charge is 0.370 e. The second-order valence-electron chi connectivity index (χ2n) is 6.22. The molecule has 2 N–H and O–H groups in total. The van der Waals surface area contributed by atoms with E-state index in [0.29, 0.717) is 12.0 Å². The van der Waals surface area contributed by atoms with Crippen LogP contribution in [0.3, 0.4) is 0 Å². The Morgan fingerprint density at radius 3 is 2.74 bits per heavy atom. The van der Waals surface area contributed by atoms with Gasteiger partial charge in [-0.2, -0.15) is 0 Å². The smallest absolute Gasteiger partial charge is 0.0770 e. The molecule has 1 saturated heterocycles. The first-order valence-corrected chi connectivity index (χ1v) is 7.48. The third-order valence-corrected chi connectivity index (χ3v) is 5.15. The Morgan fingerprint density at radius 2 is 1.95 bits per heavy atom. The Kier molecular flexibility index (Phi) is 4.75. The minimum atomic E-state index is 0. The van der Waals surface area contributed by atoms with Crippen molar-refractivity contribution in [2.75, 3.05) is 0 Å². The third-order valence-electron chi connectivity index (χ3n) is 5.15. The van der Waals surface area contributed by atoms with E-state index in [2.05, 4.69) is 31.2 Å². The Labute approximate surface area is 122 Å². The summed E-state index contributed by atoms with van der Waals surface area (Å²) in [6, 6.07) is 0.284. The molecule has 2 aliphatic carbocycles. The summed E-state index contributed by atoms with van der Waals surface area (Å²) in [6.07, 6.45) is 16.4. The number of halogens is 1. The molecule has 5 atom stereocenters. The van der Waals surface area contributed by atoms with Gasteiger partial charge in [-0.1, -0.05) is 31.2 Å². The molecular formula is C16H26ClNO. The van der Waals surface area contributed by atoms with E-state index in [9.17, 15) is 0 Å². The molecule has 0 aromatic rings. The van der Waals surface area contributed by atoms with Gasteiger partial charge < -0.3 is 10.5 Å². The topological polar surface area (TPSA) is 35.2 Å². The van der Waals surface area contributed by atoms with E-state index in [0.717, 1.165) is 31.6 Å². The van der Waals surface area contributed by atoms with Crippen molar-refractivity contribution in [3.8, 4) is 0 Å². The van der Waals surface area contributed by atoms with Gasteiger partial charge in [0.1, 0.15) is 0 Å². The van der Waals surface area contributed by atoms with Crippen molar-refractivity contribution in [1.82, 2.24) is 0 Å². The Bertz CT molecular complexity index is 368. The molecule has 0 spiro atoms. The number of rotatable bonds is 3. The monoisotopic (exact) mass is 283 g/mol. The van der Waals surface area contributed by atoms with Crippen LogP contribution in [0.2, 0.25) is 0 Å². The molecule has 2 nitrogen and oxygen atoms in total. The number of allylic oxidation sites excluding steroid dienone is 2. The number of nitrogens with two attached hydrogens (primary N) is 1. The zero-order chi connectivity index (χ0) is 12.6. The first-order chi connectivity index (χ1) is 8.75. The lowest BCUT2D eigenvalue weighted by atomic mass is 9.68. The molecule has 0 amide bonds. The number of hydrogen-bond acceptors (Lipinski definition) is 2. The van der Waals surface area contributed by atoms with Crippen molar-refractivity contribution in [3.63, 3.8) is 0 Å². The molecule has 3 heteroatoms. The fourth-order valence-corrected chi connectivity index (χ4v) is 4.13. The molecule has 0 radical (unpaired) electrons. The zero-order valence-corrected chi connectivity index (χ0v) is 12.6. The van der Waals surface area contributed by atoms with Crippen molar-refractivity contribution in [2.45, 2.75) is 63.2 Å². The lowest BCUT2D eigenvalue weighted by molar-refractivity contribution is -0.0680. The summed E-state index contributed by atoms with van der Waals surface area (Å²) in [5, 5.41) is 0. The minimum Gasteiger partial charge on any atom is -0.370 e. The van der Waals surface area contributed by atoms with E-state index >= 15 is 0 Å². The van der Waals surface area contributed by atoms with Gasteiger partial charge >= 0.3 is 0 Å². The van der Waals surface area contributed by atoms with E-state index in [1.165, 1.54) is 12.8 Å². The molecule has 1 fully saturated rings. The first-order valence-electron chi connectivity index (χ1n) is 7.48. The lowest BCUT2D eigenvalue weighted by Crippen LogP contribution is -2.43. The molecule has 0 bridgehead atoms. The highest BCUT2D eigenvalue weighted by Crippen LogP contribution is 2.52. The Morgan fingerprint density at radius 1 is 1.21 bits per heavy atom. The minimum absolute atomic E-state index is 0. The first kappa shape index (κ1) is 15.1. The highest BCUT2D eigenvalue weighted by molar-refractivity contribution is 5.85. The van der Waals surface area contributed by atoms with Crippen LogP contribution in [0.4, 0.5) is 0 Å². The SMILES string of the molecule is CCC(N)CC12CC=CCC1C1CC=CCC1O2.Cl. The number of hydrogen-bond donors (Lipinski definition) is 1. The molecule has 1 aliphatic heterocycles. The molecule has 19 heavy (non-hydrogen) atoms. The van der Waals surface area contributed by atoms with E-state index in [-0.39, 0.29) is 24.0 Å². The fraction of sp³-hybridized carbons (Fsp3) is 0.750. The van der Waals surface area contributed by atoms with Crippen LogP contribution in [0.1, 0.15) is 45.4 Å². The van der Waals surface area contributed by atoms with Crippen molar-refractivity contribution in [2.24, 2.45) is 17.6 Å². The number of ether oxygens (including phenoxy) is 1. The summed E-state index contributed by atoms with van der Waals surface area (Å²) in [6.45, 7) is 2.18. The second kappa shape index (κ2) is 5.99. The van der Waals surface area contributed by atoms with Gasteiger partial charge in [-0.25, -0.2) is 0 Å². The van der Waals surface area contributed by atoms with Crippen LogP contribution in [0.25, 0.3) is 0 Å². The van der Waals surface area contributed by atoms with E-state index in [1.54, 1.807) is 0 Å². The molecule has 0 aromatic heterocycles. The van der Waals surface area contributed by atoms with Crippen molar-refractivity contribution in [1.29, 1.82) is 0 Å². The summed E-state index contributed by atoms with van der Waals surface area (Å²) in [5.41, 5.74) is 6.27. The summed E-state index contributed by atoms with van der Waals surface area (Å²) in [4.78, 5) is 0. The average Bonchev–Trinajstić information content (AvgIpc) is 2.72. The van der Waals surface area contributed by atoms with Gasteiger partial charge in [-0.15, -0.1) is 12.4 Å². The third kappa shape index (κ3) is 2.63. The predicted octanol–water partition coefficient (Wildman–Crippen LogP) is 3.61. The van der Waals surface area contributed by atoms with Gasteiger partial charge in [-0.3, -0.25) is 0 Å². The normalized spacial score (nSPS) is 41.3. The Hall–Kier alpha value is -0.310. The average molecular weight is 284 g/mol. The number of fused-ring (bicyclic) bond motifs is 3. The van der Waals surface area contributed by atoms with Crippen molar-refractivity contribution < 1.29 is 4.74 Å². The van der Waals surface area contributed by atoms with Gasteiger partial charge in [-0.05, 0) is 50.4 Å². The van der Waals surface area contributed by atoms with Gasteiger partial charge in [0.05, 0.1) is 11.7 Å². The van der Waals surface area contributed by atoms with E-state index in [1.807, 2.05) is 0 Å². The molecule has 1 heterocycles. The van der Waals surface area contributed by atoms with Crippen LogP contribution < -0.4 is 5.73 Å². The summed E-state index contributed by atoms with van der Waals surface area (Å²) in [5.74, 6) is 1.42. The fourth-order valence-electron chi connectivity index (χ4n) is 4.13. The van der Waals surface area contributed by atoms with Crippen LogP contribution in [0, 0.1) is 11.8 Å². The maximum Gasteiger partial charge on any atom is 0.0770 e. The van der Waals surface area contributed by atoms with Crippen molar-refractivity contribution in [3.05, 3.63) is 24.3 Å². The van der Waals surface area contributed by atoms with Crippen LogP contribution in [0.15, 0.2) is 24.3 Å². The zero-order valence-electron chi connectivity index (χ0n) is 11.8. The van der Waals surface area contributed by atoms with Gasteiger partial charge in [0, 0.05) is 6.04 Å². The molecule has 0 aromatic carbocycles. The van der Waals surface area contributed by atoms with Crippen molar-refractivity contribution >= 4 is 12.4 Å². The Balaban J connectivity index is 0.00000133. The van der Waals surface area contributed by atoms with Crippen LogP contribution in [-0.2, 0) is 4.74 Å². The maximum absolute atomic E-state index is 6.55. The van der Waals surface area contributed by atoms with Gasteiger partial charge in [0.25, 0.3) is 0 Å². The molecular weight excluding hydrogens is 258 g/mol. The highest BCUT2D eigenvalue weighted by Gasteiger charge is 2.54. The molecule has 3 rings (SSSR count). The summed E-state index contributed by atoms with van der Waals surface area (Å²) < 4.78 is 6.55. The molecule has 5 unspecified atom stereocenters.